The molecule has 0 saturated carbocycles. The van der Waals surface area contributed by atoms with E-state index in [1.165, 1.54) is 4.88 Å². The Bertz CT molecular complexity index is 497. The van der Waals surface area contributed by atoms with Crippen LogP contribution >= 0.6 is 22.9 Å². The first-order chi connectivity index (χ1) is 7.66. The topological polar surface area (TPSA) is 63.8 Å². The first-order valence-corrected chi connectivity index (χ1v) is 5.97. The Morgan fingerprint density at radius 2 is 2.31 bits per heavy atom. The van der Waals surface area contributed by atoms with Gasteiger partial charge in [0.2, 0.25) is 0 Å². The Kier molecular flexibility index (Phi) is 3.26. The Morgan fingerprint density at radius 3 is 3.00 bits per heavy atom. The van der Waals surface area contributed by atoms with Crippen LogP contribution < -0.4 is 11.1 Å². The summed E-state index contributed by atoms with van der Waals surface area (Å²) in [7, 11) is 0. The molecule has 0 unspecified atom stereocenters. The highest BCUT2D eigenvalue weighted by Gasteiger charge is 2.04. The van der Waals surface area contributed by atoms with Crippen LogP contribution in [0.2, 0.25) is 5.15 Å². The molecule has 84 valence electrons. The number of nitrogen functional groups attached to an aromatic ring is 1. The second kappa shape index (κ2) is 4.67. The number of nitrogens with zero attached hydrogens (tertiary/aromatic N) is 2. The van der Waals surface area contributed by atoms with E-state index in [9.17, 15) is 0 Å². The number of pyridine rings is 1. The molecule has 2 heterocycles. The smallest absolute Gasteiger partial charge is 0.151 e. The van der Waals surface area contributed by atoms with Crippen molar-refractivity contribution in [2.75, 3.05) is 11.1 Å². The molecular weight excluding hydrogens is 244 g/mol. The zero-order chi connectivity index (χ0) is 11.5. The van der Waals surface area contributed by atoms with Crippen molar-refractivity contribution in [1.29, 1.82) is 0 Å². The summed E-state index contributed by atoms with van der Waals surface area (Å²) in [6, 6.07) is 3.40. The van der Waals surface area contributed by atoms with Crippen LogP contribution in [0.1, 0.15) is 10.6 Å². The Labute approximate surface area is 102 Å². The highest BCUT2D eigenvalue weighted by atomic mass is 35.5. The van der Waals surface area contributed by atoms with E-state index >= 15 is 0 Å². The summed E-state index contributed by atoms with van der Waals surface area (Å²) in [4.78, 5) is 9.45. The molecule has 2 aromatic heterocycles. The minimum absolute atomic E-state index is 0.428. The summed E-state index contributed by atoms with van der Waals surface area (Å²) in [6.07, 6.45) is 0. The summed E-state index contributed by atoms with van der Waals surface area (Å²) in [6.45, 7) is 2.64. The highest BCUT2D eigenvalue weighted by molar-refractivity contribution is 7.09. The third kappa shape index (κ3) is 2.43. The first kappa shape index (κ1) is 11.2. The zero-order valence-electron chi connectivity index (χ0n) is 8.70. The lowest BCUT2D eigenvalue weighted by Gasteiger charge is -2.07. The SMILES string of the molecule is Cc1ncsc1CNc1nc(Cl)ccc1N. The summed E-state index contributed by atoms with van der Waals surface area (Å²) in [5.74, 6) is 0.611. The molecule has 0 amide bonds. The van der Waals surface area contributed by atoms with Crippen LogP contribution in [-0.4, -0.2) is 9.97 Å². The van der Waals surface area contributed by atoms with Gasteiger partial charge in [0, 0.05) is 4.88 Å². The van der Waals surface area contributed by atoms with E-state index in [1.807, 2.05) is 12.4 Å². The van der Waals surface area contributed by atoms with Gasteiger partial charge >= 0.3 is 0 Å². The molecule has 0 spiro atoms. The molecule has 0 saturated heterocycles. The molecule has 0 aliphatic carbocycles. The number of halogens is 1. The average Bonchev–Trinajstić information content (AvgIpc) is 2.66. The lowest BCUT2D eigenvalue weighted by atomic mass is 10.3. The molecule has 3 N–H and O–H groups in total. The Hall–Kier alpha value is -1.33. The number of nitrogens with two attached hydrogens (primary N) is 1. The number of thiazole rings is 1. The maximum Gasteiger partial charge on any atom is 0.151 e. The molecule has 0 bridgehead atoms. The van der Waals surface area contributed by atoms with Gasteiger partial charge in [-0.05, 0) is 19.1 Å². The fraction of sp³-hybridized carbons (Fsp3) is 0.200. The monoisotopic (exact) mass is 254 g/mol. The molecule has 2 rings (SSSR count). The van der Waals surface area contributed by atoms with Crippen LogP contribution in [0, 0.1) is 6.92 Å². The Morgan fingerprint density at radius 1 is 1.50 bits per heavy atom. The normalized spacial score (nSPS) is 10.4. The molecule has 0 radical (unpaired) electrons. The number of anilines is 2. The highest BCUT2D eigenvalue weighted by Crippen LogP contribution is 2.20. The summed E-state index contributed by atoms with van der Waals surface area (Å²) >= 11 is 7.40. The van der Waals surface area contributed by atoms with E-state index in [4.69, 9.17) is 17.3 Å². The fourth-order valence-electron chi connectivity index (χ4n) is 1.25. The minimum atomic E-state index is 0.428. The predicted molar refractivity (Wildman–Crippen MR) is 67.8 cm³/mol. The van der Waals surface area contributed by atoms with E-state index in [1.54, 1.807) is 23.5 Å². The lowest BCUT2D eigenvalue weighted by molar-refractivity contribution is 1.10. The molecule has 16 heavy (non-hydrogen) atoms. The van der Waals surface area contributed by atoms with E-state index in [0.29, 0.717) is 23.2 Å². The van der Waals surface area contributed by atoms with Gasteiger partial charge in [0.05, 0.1) is 23.4 Å². The van der Waals surface area contributed by atoms with Crippen LogP contribution in [0.25, 0.3) is 0 Å². The van der Waals surface area contributed by atoms with Crippen LogP contribution in [0.15, 0.2) is 17.6 Å². The number of aryl methyl sites for hydroxylation is 1. The molecule has 2 aromatic rings. The van der Waals surface area contributed by atoms with Crippen molar-refractivity contribution in [3.8, 4) is 0 Å². The summed E-state index contributed by atoms with van der Waals surface area (Å²) in [5, 5.41) is 3.58. The van der Waals surface area contributed by atoms with Crippen LogP contribution in [0.3, 0.4) is 0 Å². The second-order valence-electron chi connectivity index (χ2n) is 3.29. The summed E-state index contributed by atoms with van der Waals surface area (Å²) < 4.78 is 0. The third-order valence-corrected chi connectivity index (χ3v) is 3.30. The van der Waals surface area contributed by atoms with Gasteiger partial charge in [-0.2, -0.15) is 0 Å². The van der Waals surface area contributed by atoms with Crippen LogP contribution in [0.5, 0.6) is 0 Å². The van der Waals surface area contributed by atoms with Gasteiger partial charge in [-0.15, -0.1) is 11.3 Å². The largest absolute Gasteiger partial charge is 0.396 e. The maximum atomic E-state index is 5.79. The van der Waals surface area contributed by atoms with E-state index in [0.717, 1.165) is 5.69 Å². The molecule has 0 aromatic carbocycles. The molecule has 0 aliphatic heterocycles. The molecule has 0 fully saturated rings. The standard InChI is InChI=1S/C10H11ClN4S/c1-6-8(16-5-14-6)4-13-10-7(12)2-3-9(11)15-10/h2-3,5H,4,12H2,1H3,(H,13,15). The molecule has 0 aliphatic rings. The van der Waals surface area contributed by atoms with Crippen LogP contribution in [0.4, 0.5) is 11.5 Å². The maximum absolute atomic E-state index is 5.79. The van der Waals surface area contributed by atoms with E-state index in [2.05, 4.69) is 15.3 Å². The molecule has 4 nitrogen and oxygen atoms in total. The Balaban J connectivity index is 2.10. The predicted octanol–water partition coefficient (Wildman–Crippen LogP) is 2.69. The van der Waals surface area contributed by atoms with Crippen molar-refractivity contribution in [2.45, 2.75) is 13.5 Å². The number of nitrogens with one attached hydrogen (secondary N) is 1. The molecule has 0 atom stereocenters. The quantitative estimate of drug-likeness (QED) is 0.827. The van der Waals surface area contributed by atoms with Crippen molar-refractivity contribution in [1.82, 2.24) is 9.97 Å². The van der Waals surface area contributed by atoms with Gasteiger partial charge in [-0.25, -0.2) is 9.97 Å². The second-order valence-corrected chi connectivity index (χ2v) is 4.61. The lowest BCUT2D eigenvalue weighted by Crippen LogP contribution is -2.04. The number of hydrogen-bond acceptors (Lipinski definition) is 5. The third-order valence-electron chi connectivity index (χ3n) is 2.15. The average molecular weight is 255 g/mol. The minimum Gasteiger partial charge on any atom is -0.396 e. The van der Waals surface area contributed by atoms with E-state index in [-0.39, 0.29) is 0 Å². The van der Waals surface area contributed by atoms with Gasteiger partial charge in [0.15, 0.2) is 5.82 Å². The van der Waals surface area contributed by atoms with Gasteiger partial charge in [-0.1, -0.05) is 11.6 Å². The van der Waals surface area contributed by atoms with Gasteiger partial charge < -0.3 is 11.1 Å². The number of hydrogen-bond donors (Lipinski definition) is 2. The zero-order valence-corrected chi connectivity index (χ0v) is 10.3. The number of aromatic nitrogens is 2. The van der Waals surface area contributed by atoms with Gasteiger partial charge in [0.1, 0.15) is 5.15 Å². The number of rotatable bonds is 3. The fourth-order valence-corrected chi connectivity index (χ4v) is 2.11. The molecule has 6 heteroatoms. The first-order valence-electron chi connectivity index (χ1n) is 4.71. The van der Waals surface area contributed by atoms with Crippen LogP contribution in [-0.2, 0) is 6.54 Å². The van der Waals surface area contributed by atoms with Gasteiger partial charge in [-0.3, -0.25) is 0 Å². The molecular formula is C10H11ClN4S. The summed E-state index contributed by atoms with van der Waals surface area (Å²) in [5.41, 5.74) is 9.21. The van der Waals surface area contributed by atoms with Crippen molar-refractivity contribution in [3.63, 3.8) is 0 Å². The van der Waals surface area contributed by atoms with Crippen molar-refractivity contribution < 1.29 is 0 Å². The van der Waals surface area contributed by atoms with E-state index < -0.39 is 0 Å². The van der Waals surface area contributed by atoms with Crippen molar-refractivity contribution >= 4 is 34.4 Å². The van der Waals surface area contributed by atoms with Crippen molar-refractivity contribution in [2.24, 2.45) is 0 Å². The van der Waals surface area contributed by atoms with Gasteiger partial charge in [0.25, 0.3) is 0 Å². The van der Waals surface area contributed by atoms with Crippen molar-refractivity contribution in [3.05, 3.63) is 33.4 Å².